The third-order valence-corrected chi connectivity index (χ3v) is 8.52. The first-order valence-corrected chi connectivity index (χ1v) is 11.6. The van der Waals surface area contributed by atoms with Gasteiger partial charge in [-0.25, -0.2) is 0 Å². The van der Waals surface area contributed by atoms with Crippen molar-refractivity contribution >= 4 is 44.1 Å². The quantitative estimate of drug-likeness (QED) is 0.418. The van der Waals surface area contributed by atoms with Gasteiger partial charge in [0.2, 0.25) is 0 Å². The predicted molar refractivity (Wildman–Crippen MR) is 132 cm³/mol. The lowest BCUT2D eigenvalue weighted by Gasteiger charge is -2.29. The van der Waals surface area contributed by atoms with Gasteiger partial charge in [-0.3, -0.25) is 0 Å². The molecule has 2 N–H and O–H groups in total. The zero-order chi connectivity index (χ0) is 21.3. The van der Waals surface area contributed by atoms with Crippen LogP contribution in [0.1, 0.15) is 30.9 Å². The Morgan fingerprint density at radius 1 is 0.871 bits per heavy atom. The van der Waals surface area contributed by atoms with Gasteiger partial charge >= 0.3 is 7.12 Å². The monoisotopic (exact) mass is 422 g/mol. The van der Waals surface area contributed by atoms with E-state index >= 15 is 0 Å². The fourth-order valence-electron chi connectivity index (χ4n) is 5.62. The molecule has 2 nitrogen and oxygen atoms in total. The van der Waals surface area contributed by atoms with E-state index < -0.39 is 7.12 Å². The van der Waals surface area contributed by atoms with Crippen molar-refractivity contribution in [1.82, 2.24) is 0 Å². The van der Waals surface area contributed by atoms with Crippen LogP contribution in [-0.4, -0.2) is 17.2 Å². The summed E-state index contributed by atoms with van der Waals surface area (Å²) in [4.78, 5) is 0. The lowest BCUT2D eigenvalue weighted by atomic mass is 9.74. The second kappa shape index (κ2) is 6.67. The topological polar surface area (TPSA) is 40.5 Å². The summed E-state index contributed by atoms with van der Waals surface area (Å²) in [6.07, 6.45) is 9.05. The van der Waals surface area contributed by atoms with E-state index in [2.05, 4.69) is 80.6 Å². The van der Waals surface area contributed by atoms with E-state index in [4.69, 9.17) is 0 Å². The van der Waals surface area contributed by atoms with Crippen LogP contribution in [0.3, 0.4) is 0 Å². The SMILES string of the molecule is CC1(C)c2cc(-c3cccc4c3sc3c(B(O)O)cccc34)ccc2C2C=CC=CC21. The molecule has 1 heterocycles. The number of hydrogen-bond donors (Lipinski definition) is 2. The number of thiophene rings is 1. The van der Waals surface area contributed by atoms with Crippen LogP contribution in [0.5, 0.6) is 0 Å². The van der Waals surface area contributed by atoms with Gasteiger partial charge in [-0.15, -0.1) is 11.3 Å². The highest BCUT2D eigenvalue weighted by Crippen LogP contribution is 2.53. The van der Waals surface area contributed by atoms with Crippen LogP contribution >= 0.6 is 11.3 Å². The van der Waals surface area contributed by atoms with Crippen molar-refractivity contribution in [2.24, 2.45) is 5.92 Å². The molecule has 2 aliphatic rings. The molecular weight excluding hydrogens is 399 g/mol. The molecule has 6 rings (SSSR count). The lowest BCUT2D eigenvalue weighted by Crippen LogP contribution is -2.29. The van der Waals surface area contributed by atoms with Crippen LogP contribution in [0.15, 0.2) is 78.9 Å². The molecule has 2 unspecified atom stereocenters. The maximum absolute atomic E-state index is 9.85. The van der Waals surface area contributed by atoms with Crippen LogP contribution in [0.4, 0.5) is 0 Å². The summed E-state index contributed by atoms with van der Waals surface area (Å²) in [7, 11) is -1.47. The third-order valence-electron chi connectivity index (χ3n) is 7.22. The van der Waals surface area contributed by atoms with Crippen LogP contribution in [0.2, 0.25) is 0 Å². The van der Waals surface area contributed by atoms with E-state index in [1.165, 1.54) is 32.3 Å². The summed E-state index contributed by atoms with van der Waals surface area (Å²) in [5, 5.41) is 21.9. The number of hydrogen-bond acceptors (Lipinski definition) is 3. The van der Waals surface area contributed by atoms with Crippen molar-refractivity contribution in [3.63, 3.8) is 0 Å². The second-order valence-corrected chi connectivity index (χ2v) is 10.2. The Bertz CT molecular complexity index is 1410. The van der Waals surface area contributed by atoms with Gasteiger partial charge in [0, 0.05) is 20.7 Å². The predicted octanol–water partition coefficient (Wildman–Crippen LogP) is 5.52. The first kappa shape index (κ1) is 19.1. The highest BCUT2D eigenvalue weighted by Gasteiger charge is 2.44. The van der Waals surface area contributed by atoms with Gasteiger partial charge in [0.1, 0.15) is 0 Å². The fraction of sp³-hybridized carbons (Fsp3) is 0.185. The standard InChI is InChI=1S/C27H23BO2S/c1-27(2)22-11-4-3-7-18(22)19-14-13-16(15-23(19)27)17-8-5-9-20-21-10-6-12-24(28(29)30)26(21)31-25(17)20/h3-15,18,22,29-30H,1-2H3. The molecule has 31 heavy (non-hydrogen) atoms. The Morgan fingerprint density at radius 2 is 1.61 bits per heavy atom. The summed E-state index contributed by atoms with van der Waals surface area (Å²) in [6.45, 7) is 4.72. The zero-order valence-corrected chi connectivity index (χ0v) is 18.4. The summed E-state index contributed by atoms with van der Waals surface area (Å²) in [5.41, 5.74) is 5.95. The maximum atomic E-state index is 9.85. The largest absolute Gasteiger partial charge is 0.489 e. The summed E-state index contributed by atoms with van der Waals surface area (Å²) in [5.74, 6) is 0.953. The Kier molecular flexibility index (Phi) is 4.10. The number of rotatable bonds is 2. The van der Waals surface area contributed by atoms with Crippen LogP contribution < -0.4 is 5.46 Å². The first-order valence-electron chi connectivity index (χ1n) is 10.8. The summed E-state index contributed by atoms with van der Waals surface area (Å²) in [6, 6.07) is 19.1. The van der Waals surface area contributed by atoms with E-state index in [0.29, 0.717) is 17.3 Å². The molecule has 2 aliphatic carbocycles. The van der Waals surface area contributed by atoms with E-state index in [-0.39, 0.29) is 5.41 Å². The molecule has 152 valence electrons. The Balaban J connectivity index is 1.58. The van der Waals surface area contributed by atoms with E-state index in [9.17, 15) is 10.0 Å². The summed E-state index contributed by atoms with van der Waals surface area (Å²) >= 11 is 1.65. The van der Waals surface area contributed by atoms with E-state index in [0.717, 1.165) is 10.1 Å². The Hall–Kier alpha value is -2.66. The molecule has 0 aliphatic heterocycles. The number of allylic oxidation sites excluding steroid dienone is 4. The molecule has 0 spiro atoms. The molecule has 0 saturated heterocycles. The second-order valence-electron chi connectivity index (χ2n) is 9.23. The Labute approximate surface area is 186 Å². The molecule has 0 fully saturated rings. The van der Waals surface area contributed by atoms with Crippen LogP contribution in [0, 0.1) is 5.92 Å². The van der Waals surface area contributed by atoms with Crippen molar-refractivity contribution in [3.8, 4) is 11.1 Å². The van der Waals surface area contributed by atoms with Crippen molar-refractivity contribution < 1.29 is 10.0 Å². The lowest BCUT2D eigenvalue weighted by molar-refractivity contribution is 0.394. The molecule has 3 aromatic carbocycles. The minimum Gasteiger partial charge on any atom is -0.423 e. The maximum Gasteiger partial charge on any atom is 0.489 e. The van der Waals surface area contributed by atoms with Gasteiger partial charge in [0.25, 0.3) is 0 Å². The van der Waals surface area contributed by atoms with Gasteiger partial charge in [-0.2, -0.15) is 0 Å². The molecule has 0 amide bonds. The van der Waals surface area contributed by atoms with Gasteiger partial charge < -0.3 is 10.0 Å². The van der Waals surface area contributed by atoms with Gasteiger partial charge in [0.05, 0.1) is 0 Å². The smallest absolute Gasteiger partial charge is 0.423 e. The van der Waals surface area contributed by atoms with Gasteiger partial charge in [0.15, 0.2) is 0 Å². The molecule has 4 heteroatoms. The molecule has 4 aromatic rings. The Morgan fingerprint density at radius 3 is 2.42 bits per heavy atom. The average Bonchev–Trinajstić information content (AvgIpc) is 3.27. The number of fused-ring (bicyclic) bond motifs is 6. The highest BCUT2D eigenvalue weighted by atomic mass is 32.1. The fourth-order valence-corrected chi connectivity index (χ4v) is 6.99. The molecule has 2 atom stereocenters. The number of benzene rings is 3. The first-order chi connectivity index (χ1) is 15.0. The third kappa shape index (κ3) is 2.65. The highest BCUT2D eigenvalue weighted by molar-refractivity contribution is 7.27. The molecule has 1 aromatic heterocycles. The van der Waals surface area contributed by atoms with Crippen LogP contribution in [-0.2, 0) is 5.41 Å². The molecular formula is C27H23BO2S. The van der Waals surface area contributed by atoms with Crippen molar-refractivity contribution in [1.29, 1.82) is 0 Å². The minimum atomic E-state index is -1.47. The van der Waals surface area contributed by atoms with E-state index in [1.807, 2.05) is 6.07 Å². The molecule has 0 bridgehead atoms. The van der Waals surface area contributed by atoms with E-state index in [1.54, 1.807) is 17.4 Å². The normalized spacial score (nSPS) is 20.9. The van der Waals surface area contributed by atoms with Crippen molar-refractivity contribution in [2.75, 3.05) is 0 Å². The van der Waals surface area contributed by atoms with Crippen molar-refractivity contribution in [3.05, 3.63) is 90.0 Å². The zero-order valence-electron chi connectivity index (χ0n) is 17.5. The molecule has 0 radical (unpaired) electrons. The van der Waals surface area contributed by atoms with Gasteiger partial charge in [-0.1, -0.05) is 92.7 Å². The van der Waals surface area contributed by atoms with Crippen LogP contribution in [0.25, 0.3) is 31.3 Å². The summed E-state index contributed by atoms with van der Waals surface area (Å²) < 4.78 is 2.14. The minimum absolute atomic E-state index is 0.0828. The van der Waals surface area contributed by atoms with Crippen molar-refractivity contribution in [2.45, 2.75) is 25.2 Å². The van der Waals surface area contributed by atoms with Gasteiger partial charge in [-0.05, 0) is 44.4 Å². The molecule has 0 saturated carbocycles. The average molecular weight is 422 g/mol.